The average Bonchev–Trinajstić information content (AvgIpc) is 2.47. The number of piperidine rings is 1. The van der Waals surface area contributed by atoms with Crippen molar-refractivity contribution in [3.63, 3.8) is 0 Å². The van der Waals surface area contributed by atoms with Crippen LogP contribution in [0.15, 0.2) is 29.2 Å². The molecule has 1 aliphatic rings. The van der Waals surface area contributed by atoms with Crippen molar-refractivity contribution in [2.45, 2.75) is 50.7 Å². The van der Waals surface area contributed by atoms with Crippen molar-refractivity contribution < 1.29 is 17.9 Å². The minimum Gasteiger partial charge on any atom is -0.375 e. The number of ether oxygens (including phenoxy) is 1. The molecular weight excluding hydrogens is 316 g/mol. The average molecular weight is 340 g/mol. The zero-order chi connectivity index (χ0) is 17.0. The van der Waals surface area contributed by atoms with Crippen LogP contribution in [0, 0.1) is 0 Å². The monoisotopic (exact) mass is 340 g/mol. The molecule has 1 heterocycles. The highest BCUT2D eigenvalue weighted by molar-refractivity contribution is 7.89. The lowest BCUT2D eigenvalue weighted by atomic mass is 10.1. The first-order chi connectivity index (χ1) is 10.8. The molecule has 1 N–H and O–H groups in total. The van der Waals surface area contributed by atoms with E-state index in [1.807, 2.05) is 13.8 Å². The van der Waals surface area contributed by atoms with Crippen LogP contribution >= 0.6 is 0 Å². The number of carbonyl (C=O) groups is 1. The number of anilines is 1. The summed E-state index contributed by atoms with van der Waals surface area (Å²) in [6.07, 6.45) is 1.70. The van der Waals surface area contributed by atoms with Crippen LogP contribution < -0.4 is 5.32 Å². The minimum atomic E-state index is -3.49. The number of carbonyl (C=O) groups excluding carboxylic acids is 1. The normalized spacial score (nSPS) is 17.4. The van der Waals surface area contributed by atoms with Crippen molar-refractivity contribution in [1.82, 2.24) is 4.31 Å². The Kier molecular flexibility index (Phi) is 5.78. The Morgan fingerprint density at radius 3 is 2.26 bits per heavy atom. The van der Waals surface area contributed by atoms with E-state index in [1.54, 1.807) is 12.1 Å². The molecule has 1 fully saturated rings. The van der Waals surface area contributed by atoms with Crippen molar-refractivity contribution in [1.29, 1.82) is 0 Å². The number of hydrogen-bond donors (Lipinski definition) is 1. The fourth-order valence-electron chi connectivity index (χ4n) is 2.66. The van der Waals surface area contributed by atoms with Gasteiger partial charge in [-0.3, -0.25) is 4.79 Å². The van der Waals surface area contributed by atoms with E-state index in [-0.39, 0.29) is 23.0 Å². The maximum Gasteiger partial charge on any atom is 0.243 e. The van der Waals surface area contributed by atoms with E-state index < -0.39 is 10.0 Å². The molecule has 23 heavy (non-hydrogen) atoms. The molecule has 0 aromatic heterocycles. The van der Waals surface area contributed by atoms with Crippen molar-refractivity contribution in [3.05, 3.63) is 24.3 Å². The van der Waals surface area contributed by atoms with Gasteiger partial charge < -0.3 is 10.1 Å². The third kappa shape index (κ3) is 4.76. The topological polar surface area (TPSA) is 75.7 Å². The lowest BCUT2D eigenvalue weighted by molar-refractivity contribution is -0.114. The highest BCUT2D eigenvalue weighted by Crippen LogP contribution is 2.23. The van der Waals surface area contributed by atoms with Gasteiger partial charge in [-0.15, -0.1) is 0 Å². The van der Waals surface area contributed by atoms with Crippen LogP contribution in [-0.2, 0) is 19.6 Å². The SMILES string of the molecule is CC(=O)Nc1ccc(S(=O)(=O)N2CCC(OC(C)C)CC2)cc1. The largest absolute Gasteiger partial charge is 0.375 e. The fourth-order valence-corrected chi connectivity index (χ4v) is 4.13. The van der Waals surface area contributed by atoms with Crippen molar-refractivity contribution in [3.8, 4) is 0 Å². The van der Waals surface area contributed by atoms with Crippen molar-refractivity contribution in [2.24, 2.45) is 0 Å². The van der Waals surface area contributed by atoms with Crippen LogP contribution in [0.1, 0.15) is 33.6 Å². The van der Waals surface area contributed by atoms with Gasteiger partial charge in [0, 0.05) is 25.7 Å². The molecular formula is C16H24N2O4S. The molecule has 1 aliphatic heterocycles. The summed E-state index contributed by atoms with van der Waals surface area (Å²) >= 11 is 0. The second-order valence-electron chi connectivity index (χ2n) is 5.99. The third-order valence-corrected chi connectivity index (χ3v) is 5.59. The van der Waals surface area contributed by atoms with Crippen LogP contribution in [0.4, 0.5) is 5.69 Å². The van der Waals surface area contributed by atoms with E-state index in [0.29, 0.717) is 31.6 Å². The van der Waals surface area contributed by atoms with Gasteiger partial charge in [0.2, 0.25) is 15.9 Å². The molecule has 7 heteroatoms. The number of nitrogens with zero attached hydrogens (tertiary/aromatic N) is 1. The molecule has 0 atom stereocenters. The predicted octanol–water partition coefficient (Wildman–Crippen LogP) is 2.22. The number of nitrogens with one attached hydrogen (secondary N) is 1. The summed E-state index contributed by atoms with van der Waals surface area (Å²) in [5.41, 5.74) is 0.584. The molecule has 128 valence electrons. The van der Waals surface area contributed by atoms with Crippen molar-refractivity contribution >= 4 is 21.6 Å². The van der Waals surface area contributed by atoms with Crippen LogP contribution in [-0.4, -0.2) is 43.9 Å². The van der Waals surface area contributed by atoms with Gasteiger partial charge in [0.15, 0.2) is 0 Å². The summed E-state index contributed by atoms with van der Waals surface area (Å²) < 4.78 is 32.5. The summed E-state index contributed by atoms with van der Waals surface area (Å²) in [7, 11) is -3.49. The van der Waals surface area contributed by atoms with Gasteiger partial charge in [0.05, 0.1) is 17.1 Å². The van der Waals surface area contributed by atoms with Gasteiger partial charge in [-0.25, -0.2) is 8.42 Å². The highest BCUT2D eigenvalue weighted by atomic mass is 32.2. The van der Waals surface area contributed by atoms with E-state index >= 15 is 0 Å². The van der Waals surface area contributed by atoms with E-state index in [4.69, 9.17) is 4.74 Å². The van der Waals surface area contributed by atoms with E-state index in [2.05, 4.69) is 5.32 Å². The number of amides is 1. The Morgan fingerprint density at radius 2 is 1.78 bits per heavy atom. The summed E-state index contributed by atoms with van der Waals surface area (Å²) in [6.45, 7) is 6.31. The molecule has 6 nitrogen and oxygen atoms in total. The Hall–Kier alpha value is -1.44. The maximum atomic E-state index is 12.6. The first kappa shape index (κ1) is 17.9. The minimum absolute atomic E-state index is 0.128. The first-order valence-electron chi connectivity index (χ1n) is 7.82. The van der Waals surface area contributed by atoms with Crippen LogP contribution in [0.5, 0.6) is 0 Å². The van der Waals surface area contributed by atoms with Crippen molar-refractivity contribution in [2.75, 3.05) is 18.4 Å². The standard InChI is InChI=1S/C16H24N2O4S/c1-12(2)22-15-8-10-18(11-9-15)23(20,21)16-6-4-14(5-7-16)17-13(3)19/h4-7,12,15H,8-11H2,1-3H3,(H,17,19). The zero-order valence-electron chi connectivity index (χ0n) is 13.8. The highest BCUT2D eigenvalue weighted by Gasteiger charge is 2.29. The molecule has 1 aromatic rings. The van der Waals surface area contributed by atoms with Crippen LogP contribution in [0.25, 0.3) is 0 Å². The van der Waals surface area contributed by atoms with Crippen LogP contribution in [0.2, 0.25) is 0 Å². The molecule has 0 unspecified atom stereocenters. The van der Waals surface area contributed by atoms with Gasteiger partial charge in [-0.1, -0.05) is 0 Å². The van der Waals surface area contributed by atoms with E-state index in [0.717, 1.165) is 0 Å². The molecule has 0 radical (unpaired) electrons. The second-order valence-corrected chi connectivity index (χ2v) is 7.93. The number of sulfonamides is 1. The molecule has 1 aromatic carbocycles. The van der Waals surface area contributed by atoms with E-state index in [1.165, 1.54) is 23.4 Å². The molecule has 0 saturated carbocycles. The third-order valence-electron chi connectivity index (χ3n) is 3.68. The van der Waals surface area contributed by atoms with Gasteiger partial charge in [-0.05, 0) is 51.0 Å². The quantitative estimate of drug-likeness (QED) is 0.892. The maximum absolute atomic E-state index is 12.6. The Balaban J connectivity index is 2.03. The molecule has 1 saturated heterocycles. The van der Waals surface area contributed by atoms with Gasteiger partial charge in [0.1, 0.15) is 0 Å². The summed E-state index contributed by atoms with van der Waals surface area (Å²) in [5, 5.41) is 2.62. The number of hydrogen-bond acceptors (Lipinski definition) is 4. The van der Waals surface area contributed by atoms with Gasteiger partial charge in [0.25, 0.3) is 0 Å². The van der Waals surface area contributed by atoms with Gasteiger partial charge >= 0.3 is 0 Å². The molecule has 2 rings (SSSR count). The summed E-state index contributed by atoms with van der Waals surface area (Å²) in [5.74, 6) is -0.187. The number of benzene rings is 1. The van der Waals surface area contributed by atoms with E-state index in [9.17, 15) is 13.2 Å². The lowest BCUT2D eigenvalue weighted by Gasteiger charge is -2.32. The molecule has 0 bridgehead atoms. The first-order valence-corrected chi connectivity index (χ1v) is 9.26. The Labute approximate surface area is 137 Å². The van der Waals surface area contributed by atoms with Gasteiger partial charge in [-0.2, -0.15) is 4.31 Å². The summed E-state index contributed by atoms with van der Waals surface area (Å²) in [4.78, 5) is 11.2. The van der Waals surface area contributed by atoms with Crippen LogP contribution in [0.3, 0.4) is 0 Å². The molecule has 0 aliphatic carbocycles. The smallest absolute Gasteiger partial charge is 0.243 e. The molecule has 0 spiro atoms. The Bertz CT molecular complexity index is 633. The summed E-state index contributed by atoms with van der Waals surface area (Å²) in [6, 6.07) is 6.25. The Morgan fingerprint density at radius 1 is 1.22 bits per heavy atom. The molecule has 1 amide bonds. The second kappa shape index (κ2) is 7.42. The predicted molar refractivity (Wildman–Crippen MR) is 88.7 cm³/mol. The fraction of sp³-hybridized carbons (Fsp3) is 0.562. The number of rotatable bonds is 5. The lowest BCUT2D eigenvalue weighted by Crippen LogP contribution is -2.41. The zero-order valence-corrected chi connectivity index (χ0v) is 14.6.